The van der Waals surface area contributed by atoms with Gasteiger partial charge < -0.3 is 9.52 Å². The summed E-state index contributed by atoms with van der Waals surface area (Å²) >= 11 is 2.39. The van der Waals surface area contributed by atoms with Gasteiger partial charge in [0.05, 0.1) is 16.5 Å². The van der Waals surface area contributed by atoms with Crippen LogP contribution in [0.5, 0.6) is 0 Å². The Morgan fingerprint density at radius 2 is 1.83 bits per heavy atom. The number of aliphatic hydroxyl groups excluding tert-OH is 1. The lowest BCUT2D eigenvalue weighted by Crippen LogP contribution is -2.31. The zero-order chi connectivity index (χ0) is 28.7. The molecule has 41 heavy (non-hydrogen) atoms. The molecule has 1 aliphatic heterocycles. The third-order valence-corrected chi connectivity index (χ3v) is 8.53. The minimum absolute atomic E-state index is 0.0814. The van der Waals surface area contributed by atoms with E-state index in [9.17, 15) is 29.2 Å². The first kappa shape index (κ1) is 26.3. The molecule has 0 saturated heterocycles. The maximum absolute atomic E-state index is 13.7. The standard InChI is InChI=1S/C28H17FN4O6S2/c29-18-9-5-15(6-10-18)14-40-28-31-30-27(41-28)32-23(16-7-11-19(12-8-16)33(37)38)22(25(35)26(32)36)24(34)21-13-17-3-1-2-4-20(17)39-21/h1-13,23,35H,14H2. The van der Waals surface area contributed by atoms with Gasteiger partial charge in [0, 0.05) is 23.3 Å². The van der Waals surface area contributed by atoms with Crippen molar-refractivity contribution in [3.05, 3.63) is 123 Å². The second-order valence-electron chi connectivity index (χ2n) is 8.93. The van der Waals surface area contributed by atoms with E-state index in [1.807, 2.05) is 0 Å². The van der Waals surface area contributed by atoms with Crippen molar-refractivity contribution < 1.29 is 28.4 Å². The molecule has 0 bridgehead atoms. The molecular formula is C28H17FN4O6S2. The molecule has 1 aliphatic rings. The van der Waals surface area contributed by atoms with Gasteiger partial charge in [-0.25, -0.2) is 4.39 Å². The van der Waals surface area contributed by atoms with Gasteiger partial charge in [-0.05, 0) is 47.5 Å². The van der Waals surface area contributed by atoms with Crippen molar-refractivity contribution in [3.63, 3.8) is 0 Å². The predicted molar refractivity (Wildman–Crippen MR) is 149 cm³/mol. The van der Waals surface area contributed by atoms with E-state index >= 15 is 0 Å². The molecular weight excluding hydrogens is 571 g/mol. The molecule has 0 radical (unpaired) electrons. The van der Waals surface area contributed by atoms with Crippen molar-refractivity contribution in [3.8, 4) is 0 Å². The van der Waals surface area contributed by atoms with Crippen molar-refractivity contribution in [1.29, 1.82) is 0 Å². The number of para-hydroxylation sites is 1. The van der Waals surface area contributed by atoms with Crippen molar-refractivity contribution >= 4 is 56.6 Å². The summed E-state index contributed by atoms with van der Waals surface area (Å²) in [5.41, 5.74) is 1.21. The zero-order valence-corrected chi connectivity index (χ0v) is 22.4. The number of furan rings is 1. The molecule has 13 heteroatoms. The SMILES string of the molecule is O=C(C1=C(O)C(=O)N(c2nnc(SCc3ccc(F)cc3)s2)C1c1ccc([N+](=O)[O-])cc1)c1cc2ccccc2o1. The lowest BCUT2D eigenvalue weighted by Gasteiger charge is -2.23. The van der Waals surface area contributed by atoms with Crippen LogP contribution in [-0.2, 0) is 10.5 Å². The summed E-state index contributed by atoms with van der Waals surface area (Å²) < 4.78 is 19.4. The fourth-order valence-electron chi connectivity index (χ4n) is 4.44. The first-order chi connectivity index (χ1) is 19.8. The second kappa shape index (κ2) is 10.6. The zero-order valence-electron chi connectivity index (χ0n) is 20.8. The van der Waals surface area contributed by atoms with Gasteiger partial charge >= 0.3 is 0 Å². The molecule has 204 valence electrons. The van der Waals surface area contributed by atoms with Gasteiger partial charge in [-0.3, -0.25) is 24.6 Å². The van der Waals surface area contributed by atoms with Crippen molar-refractivity contribution in [2.24, 2.45) is 0 Å². The molecule has 1 unspecified atom stereocenters. The number of aliphatic hydroxyl groups is 1. The number of anilines is 1. The topological polar surface area (TPSA) is 140 Å². The number of benzene rings is 3. The van der Waals surface area contributed by atoms with E-state index in [0.717, 1.165) is 21.8 Å². The van der Waals surface area contributed by atoms with Gasteiger partial charge in [-0.15, -0.1) is 10.2 Å². The summed E-state index contributed by atoms with van der Waals surface area (Å²) in [4.78, 5) is 39.0. The number of non-ortho nitro benzene ring substituents is 1. The highest BCUT2D eigenvalue weighted by molar-refractivity contribution is 8.00. The van der Waals surface area contributed by atoms with Crippen LogP contribution in [0, 0.1) is 15.9 Å². The van der Waals surface area contributed by atoms with E-state index < -0.39 is 28.4 Å². The molecule has 3 heterocycles. The van der Waals surface area contributed by atoms with E-state index in [2.05, 4.69) is 10.2 Å². The summed E-state index contributed by atoms with van der Waals surface area (Å²) in [6.45, 7) is 0. The number of ketones is 1. The van der Waals surface area contributed by atoms with Gasteiger partial charge in [0.25, 0.3) is 11.6 Å². The summed E-state index contributed by atoms with van der Waals surface area (Å²) in [6.07, 6.45) is 0. The highest BCUT2D eigenvalue weighted by atomic mass is 32.2. The van der Waals surface area contributed by atoms with Gasteiger partial charge in [0.1, 0.15) is 11.4 Å². The molecule has 1 amide bonds. The third kappa shape index (κ3) is 4.96. The van der Waals surface area contributed by atoms with Crippen LogP contribution < -0.4 is 4.90 Å². The number of hydrogen-bond acceptors (Lipinski definition) is 10. The van der Waals surface area contributed by atoms with Crippen LogP contribution in [-0.4, -0.2) is 31.9 Å². The number of nitro benzene ring substituents is 1. The van der Waals surface area contributed by atoms with E-state index in [4.69, 9.17) is 4.42 Å². The summed E-state index contributed by atoms with van der Waals surface area (Å²) in [7, 11) is 0. The molecule has 3 aromatic carbocycles. The van der Waals surface area contributed by atoms with E-state index in [0.29, 0.717) is 26.6 Å². The molecule has 5 aromatic rings. The Kier molecular flexibility index (Phi) is 6.81. The number of amides is 1. The number of rotatable bonds is 8. The Labute approximate surface area is 238 Å². The number of fused-ring (bicyclic) bond motifs is 1. The van der Waals surface area contributed by atoms with Crippen LogP contribution >= 0.6 is 23.1 Å². The number of carbonyl (C=O) groups is 2. The molecule has 2 aromatic heterocycles. The maximum Gasteiger partial charge on any atom is 0.296 e. The predicted octanol–water partition coefficient (Wildman–Crippen LogP) is 6.41. The molecule has 0 spiro atoms. The minimum atomic E-state index is -1.16. The van der Waals surface area contributed by atoms with E-state index in [1.54, 1.807) is 36.4 Å². The van der Waals surface area contributed by atoms with Crippen LogP contribution in [0.25, 0.3) is 11.0 Å². The smallest absolute Gasteiger partial charge is 0.296 e. The van der Waals surface area contributed by atoms with E-state index in [-0.39, 0.29) is 28.0 Å². The van der Waals surface area contributed by atoms with Crippen LogP contribution in [0.4, 0.5) is 15.2 Å². The third-order valence-electron chi connectivity index (χ3n) is 6.40. The summed E-state index contributed by atoms with van der Waals surface area (Å²) in [6, 6.07) is 18.7. The number of halogens is 1. The fourth-order valence-corrected chi connectivity index (χ4v) is 6.26. The van der Waals surface area contributed by atoms with Crippen LogP contribution in [0.2, 0.25) is 0 Å². The average Bonchev–Trinajstić information content (AvgIpc) is 3.69. The molecule has 10 nitrogen and oxygen atoms in total. The first-order valence-electron chi connectivity index (χ1n) is 12.0. The minimum Gasteiger partial charge on any atom is -0.503 e. The number of nitrogens with zero attached hydrogens (tertiary/aromatic N) is 4. The number of hydrogen-bond donors (Lipinski definition) is 1. The number of aromatic nitrogens is 2. The molecule has 6 rings (SSSR count). The fraction of sp³-hybridized carbons (Fsp3) is 0.0714. The Morgan fingerprint density at radius 1 is 1.10 bits per heavy atom. The first-order valence-corrected chi connectivity index (χ1v) is 13.9. The lowest BCUT2D eigenvalue weighted by molar-refractivity contribution is -0.384. The molecule has 1 atom stereocenters. The van der Waals surface area contributed by atoms with Gasteiger partial charge in [0.2, 0.25) is 10.9 Å². The Balaban J connectivity index is 1.37. The normalized spacial score (nSPS) is 15.2. The quantitative estimate of drug-likeness (QED) is 0.0716. The Bertz CT molecular complexity index is 1820. The highest BCUT2D eigenvalue weighted by Gasteiger charge is 2.47. The second-order valence-corrected chi connectivity index (χ2v) is 11.1. The summed E-state index contributed by atoms with van der Waals surface area (Å²) in [5, 5.41) is 31.3. The Hall–Kier alpha value is -4.88. The van der Waals surface area contributed by atoms with Gasteiger partial charge in [-0.1, -0.05) is 53.4 Å². The average molecular weight is 589 g/mol. The number of nitro groups is 1. The van der Waals surface area contributed by atoms with Crippen molar-refractivity contribution in [2.45, 2.75) is 16.1 Å². The largest absolute Gasteiger partial charge is 0.503 e. The molecule has 0 saturated carbocycles. The number of thioether (sulfide) groups is 1. The molecule has 0 fully saturated rings. The lowest BCUT2D eigenvalue weighted by atomic mass is 9.95. The van der Waals surface area contributed by atoms with E-state index in [1.165, 1.54) is 54.2 Å². The van der Waals surface area contributed by atoms with Crippen LogP contribution in [0.3, 0.4) is 0 Å². The van der Waals surface area contributed by atoms with Gasteiger partial charge in [-0.2, -0.15) is 0 Å². The number of Topliss-reactive ketones (excluding diaryl/α,β-unsaturated/α-hetero) is 1. The maximum atomic E-state index is 13.7. The highest BCUT2D eigenvalue weighted by Crippen LogP contribution is 2.44. The number of carbonyl (C=O) groups excluding carboxylic acids is 2. The molecule has 1 N–H and O–H groups in total. The van der Waals surface area contributed by atoms with Crippen LogP contribution in [0.15, 0.2) is 99.0 Å². The molecule has 0 aliphatic carbocycles. The van der Waals surface area contributed by atoms with Crippen LogP contribution in [0.1, 0.15) is 27.7 Å². The Morgan fingerprint density at radius 3 is 2.54 bits per heavy atom. The monoisotopic (exact) mass is 588 g/mol. The van der Waals surface area contributed by atoms with Gasteiger partial charge in [0.15, 0.2) is 15.9 Å². The van der Waals surface area contributed by atoms with Crippen molar-refractivity contribution in [2.75, 3.05) is 4.90 Å². The van der Waals surface area contributed by atoms with Crippen molar-refractivity contribution in [1.82, 2.24) is 10.2 Å². The summed E-state index contributed by atoms with van der Waals surface area (Å²) in [5.74, 6) is -2.33.